The molecular formula is C8H8O. The van der Waals surface area contributed by atoms with Crippen LogP contribution in [-0.2, 0) is 4.79 Å². The number of ketones is 1. The van der Waals surface area contributed by atoms with Crippen LogP contribution in [0, 0.1) is 5.92 Å². The van der Waals surface area contributed by atoms with Gasteiger partial charge in [-0.3, -0.25) is 4.79 Å². The molecule has 1 atom stereocenters. The van der Waals surface area contributed by atoms with Gasteiger partial charge in [-0.2, -0.15) is 0 Å². The molecule has 0 heterocycles. The smallest absolute Gasteiger partial charge is 0.163 e. The maximum absolute atomic E-state index is 10.8. The summed E-state index contributed by atoms with van der Waals surface area (Å²) >= 11 is 0. The molecule has 0 radical (unpaired) electrons. The topological polar surface area (TPSA) is 17.1 Å². The van der Waals surface area contributed by atoms with Gasteiger partial charge in [-0.05, 0) is 18.6 Å². The van der Waals surface area contributed by atoms with Gasteiger partial charge in [0.1, 0.15) is 0 Å². The summed E-state index contributed by atoms with van der Waals surface area (Å²) in [7, 11) is 0. The Balaban J connectivity index is 2.66. The Kier molecular flexibility index (Phi) is 1.66. The molecule has 0 bridgehead atoms. The van der Waals surface area contributed by atoms with Crippen LogP contribution in [-0.4, -0.2) is 5.78 Å². The molecule has 0 aromatic carbocycles. The molecule has 0 amide bonds. The van der Waals surface area contributed by atoms with E-state index in [0.29, 0.717) is 0 Å². The number of carbonyl (C=O) groups excluding carboxylic acids is 1. The largest absolute Gasteiger partial charge is 0.294 e. The second kappa shape index (κ2) is 2.47. The number of hydrogen-bond acceptors (Lipinski definition) is 1. The summed E-state index contributed by atoms with van der Waals surface area (Å²) < 4.78 is 0. The van der Waals surface area contributed by atoms with Crippen LogP contribution in [0.25, 0.3) is 0 Å². The van der Waals surface area contributed by atoms with Crippen molar-refractivity contribution in [2.45, 2.75) is 6.42 Å². The van der Waals surface area contributed by atoms with Crippen molar-refractivity contribution in [2.24, 2.45) is 5.92 Å². The lowest BCUT2D eigenvalue weighted by Gasteiger charge is -1.94. The SMILES string of the molecule is C=C=CC1CC=CC1=O. The molecule has 0 spiro atoms. The molecule has 1 heteroatoms. The summed E-state index contributed by atoms with van der Waals surface area (Å²) in [5, 5.41) is 0. The Morgan fingerprint density at radius 3 is 3.11 bits per heavy atom. The molecule has 0 saturated carbocycles. The predicted molar refractivity (Wildman–Crippen MR) is 36.0 cm³/mol. The molecule has 0 saturated heterocycles. The van der Waals surface area contributed by atoms with Crippen molar-refractivity contribution in [3.63, 3.8) is 0 Å². The third-order valence-corrected chi connectivity index (χ3v) is 1.36. The van der Waals surface area contributed by atoms with E-state index in [9.17, 15) is 4.79 Å². The van der Waals surface area contributed by atoms with E-state index in [1.54, 1.807) is 12.2 Å². The van der Waals surface area contributed by atoms with Gasteiger partial charge in [0.15, 0.2) is 5.78 Å². The minimum Gasteiger partial charge on any atom is -0.294 e. The molecule has 0 N–H and O–H groups in total. The molecule has 0 fully saturated rings. The maximum Gasteiger partial charge on any atom is 0.163 e. The molecule has 1 rings (SSSR count). The van der Waals surface area contributed by atoms with Crippen molar-refractivity contribution in [3.05, 3.63) is 30.5 Å². The molecule has 0 aromatic heterocycles. The maximum atomic E-state index is 10.8. The summed E-state index contributed by atoms with van der Waals surface area (Å²) in [6.07, 6.45) is 6.02. The summed E-state index contributed by atoms with van der Waals surface area (Å²) in [6, 6.07) is 0. The first kappa shape index (κ1) is 6.06. The summed E-state index contributed by atoms with van der Waals surface area (Å²) in [4.78, 5) is 10.8. The van der Waals surface area contributed by atoms with E-state index in [1.165, 1.54) is 0 Å². The van der Waals surface area contributed by atoms with E-state index in [0.717, 1.165) is 6.42 Å². The van der Waals surface area contributed by atoms with Crippen LogP contribution in [0.4, 0.5) is 0 Å². The Morgan fingerprint density at radius 2 is 2.67 bits per heavy atom. The van der Waals surface area contributed by atoms with Gasteiger partial charge in [0.25, 0.3) is 0 Å². The fraction of sp³-hybridized carbons (Fsp3) is 0.250. The minimum absolute atomic E-state index is 0.0301. The lowest BCUT2D eigenvalue weighted by atomic mass is 10.1. The van der Waals surface area contributed by atoms with E-state index in [-0.39, 0.29) is 11.7 Å². The first-order chi connectivity index (χ1) is 4.34. The standard InChI is InChI=1S/C8H8O/c1-2-4-7-5-3-6-8(7)9/h3-4,6-7H,1,5H2. The van der Waals surface area contributed by atoms with Gasteiger partial charge in [0.05, 0.1) is 5.92 Å². The second-order valence-corrected chi connectivity index (χ2v) is 2.02. The van der Waals surface area contributed by atoms with Crippen LogP contribution in [0.2, 0.25) is 0 Å². The van der Waals surface area contributed by atoms with Gasteiger partial charge in [-0.15, -0.1) is 5.73 Å². The van der Waals surface area contributed by atoms with Crippen molar-refractivity contribution in [1.29, 1.82) is 0 Å². The summed E-state index contributed by atoms with van der Waals surface area (Å²) in [6.45, 7) is 3.40. The lowest BCUT2D eigenvalue weighted by Crippen LogP contribution is -2.01. The fourth-order valence-electron chi connectivity index (χ4n) is 0.863. The zero-order chi connectivity index (χ0) is 6.69. The molecule has 1 aliphatic carbocycles. The van der Waals surface area contributed by atoms with Crippen molar-refractivity contribution in [2.75, 3.05) is 0 Å². The van der Waals surface area contributed by atoms with Gasteiger partial charge in [0, 0.05) is 0 Å². The zero-order valence-corrected chi connectivity index (χ0v) is 5.13. The lowest BCUT2D eigenvalue weighted by molar-refractivity contribution is -0.116. The molecule has 1 nitrogen and oxygen atoms in total. The average Bonchev–Trinajstić information content (AvgIpc) is 2.18. The van der Waals surface area contributed by atoms with Crippen LogP contribution >= 0.6 is 0 Å². The van der Waals surface area contributed by atoms with E-state index in [4.69, 9.17) is 0 Å². The van der Waals surface area contributed by atoms with Crippen molar-refractivity contribution in [3.8, 4) is 0 Å². The minimum atomic E-state index is 0.0301. The van der Waals surface area contributed by atoms with Crippen LogP contribution in [0.1, 0.15) is 6.42 Å². The van der Waals surface area contributed by atoms with Crippen molar-refractivity contribution in [1.82, 2.24) is 0 Å². The van der Waals surface area contributed by atoms with Crippen LogP contribution in [0.15, 0.2) is 30.5 Å². The van der Waals surface area contributed by atoms with E-state index in [2.05, 4.69) is 12.3 Å². The Labute approximate surface area is 54.4 Å². The number of hydrogen-bond donors (Lipinski definition) is 0. The fourth-order valence-corrected chi connectivity index (χ4v) is 0.863. The molecule has 9 heavy (non-hydrogen) atoms. The monoisotopic (exact) mass is 120 g/mol. The molecule has 46 valence electrons. The van der Waals surface area contributed by atoms with E-state index in [1.807, 2.05) is 6.08 Å². The van der Waals surface area contributed by atoms with Crippen molar-refractivity contribution >= 4 is 5.78 Å². The van der Waals surface area contributed by atoms with Gasteiger partial charge < -0.3 is 0 Å². The Morgan fingerprint density at radius 1 is 1.89 bits per heavy atom. The Bertz CT molecular complexity index is 195. The summed E-state index contributed by atoms with van der Waals surface area (Å²) in [5.74, 6) is 0.202. The van der Waals surface area contributed by atoms with Crippen LogP contribution < -0.4 is 0 Å². The quantitative estimate of drug-likeness (QED) is 0.479. The van der Waals surface area contributed by atoms with E-state index < -0.39 is 0 Å². The molecule has 0 aromatic rings. The number of rotatable bonds is 1. The average molecular weight is 120 g/mol. The predicted octanol–water partition coefficient (Wildman–Crippen LogP) is 1.47. The third kappa shape index (κ3) is 1.18. The van der Waals surface area contributed by atoms with E-state index >= 15 is 0 Å². The van der Waals surface area contributed by atoms with Gasteiger partial charge in [-0.1, -0.05) is 12.7 Å². The van der Waals surface area contributed by atoms with Gasteiger partial charge in [-0.25, -0.2) is 0 Å². The highest BCUT2D eigenvalue weighted by Crippen LogP contribution is 2.14. The molecule has 0 aliphatic heterocycles. The van der Waals surface area contributed by atoms with Crippen molar-refractivity contribution < 1.29 is 4.79 Å². The highest BCUT2D eigenvalue weighted by Gasteiger charge is 2.15. The molecule has 1 unspecified atom stereocenters. The molecular weight excluding hydrogens is 112 g/mol. The first-order valence-electron chi connectivity index (χ1n) is 2.91. The second-order valence-electron chi connectivity index (χ2n) is 2.02. The number of carbonyl (C=O) groups is 1. The Hall–Kier alpha value is -1.07. The van der Waals surface area contributed by atoms with Crippen LogP contribution in [0.5, 0.6) is 0 Å². The van der Waals surface area contributed by atoms with Crippen LogP contribution in [0.3, 0.4) is 0 Å². The van der Waals surface area contributed by atoms with Gasteiger partial charge in [0.2, 0.25) is 0 Å². The highest BCUT2D eigenvalue weighted by atomic mass is 16.1. The highest BCUT2D eigenvalue weighted by molar-refractivity contribution is 5.95. The zero-order valence-electron chi connectivity index (χ0n) is 5.13. The molecule has 1 aliphatic rings. The first-order valence-corrected chi connectivity index (χ1v) is 2.91. The normalized spacial score (nSPS) is 24.0. The summed E-state index contributed by atoms with van der Waals surface area (Å²) in [5.41, 5.74) is 2.60. The third-order valence-electron chi connectivity index (χ3n) is 1.36. The number of allylic oxidation sites excluding steroid dienone is 3. The van der Waals surface area contributed by atoms with Gasteiger partial charge >= 0.3 is 0 Å².